The van der Waals surface area contributed by atoms with Gasteiger partial charge < -0.3 is 10.2 Å². The molecule has 1 atom stereocenters. The highest BCUT2D eigenvalue weighted by atomic mass is 15.3. The Hall–Kier alpha value is -1.70. The molecule has 0 spiro atoms. The molecular formula is C14H16N2. The molecule has 1 aromatic carbocycles. The second-order valence-electron chi connectivity index (χ2n) is 4.36. The smallest absolute Gasteiger partial charge is 0.125 e. The van der Waals surface area contributed by atoms with Crippen LogP contribution in [0.4, 0.5) is 11.4 Å². The SMILES string of the molecule is CN1c2ccccc2NC1C1=CCCC=C1. The van der Waals surface area contributed by atoms with Gasteiger partial charge in [0.05, 0.1) is 11.4 Å². The second kappa shape index (κ2) is 3.71. The minimum atomic E-state index is 0.300. The third-order valence-corrected chi connectivity index (χ3v) is 3.30. The van der Waals surface area contributed by atoms with Crippen molar-refractivity contribution in [1.82, 2.24) is 0 Å². The predicted molar refractivity (Wildman–Crippen MR) is 68.7 cm³/mol. The van der Waals surface area contributed by atoms with E-state index >= 15 is 0 Å². The van der Waals surface area contributed by atoms with E-state index in [9.17, 15) is 0 Å². The molecule has 82 valence electrons. The molecule has 2 aliphatic rings. The molecule has 1 aromatic rings. The first kappa shape index (κ1) is 9.52. The average molecular weight is 212 g/mol. The zero-order valence-electron chi connectivity index (χ0n) is 9.48. The van der Waals surface area contributed by atoms with Crippen LogP contribution in [-0.4, -0.2) is 13.2 Å². The minimum Gasteiger partial charge on any atom is -0.360 e. The highest BCUT2D eigenvalue weighted by Crippen LogP contribution is 2.35. The topological polar surface area (TPSA) is 15.3 Å². The summed E-state index contributed by atoms with van der Waals surface area (Å²) < 4.78 is 0. The van der Waals surface area contributed by atoms with E-state index in [0.717, 1.165) is 6.42 Å². The Morgan fingerprint density at radius 1 is 1.25 bits per heavy atom. The fourth-order valence-corrected chi connectivity index (χ4v) is 2.43. The molecule has 1 unspecified atom stereocenters. The van der Waals surface area contributed by atoms with Gasteiger partial charge in [-0.3, -0.25) is 0 Å². The summed E-state index contributed by atoms with van der Waals surface area (Å²) in [7, 11) is 2.15. The number of allylic oxidation sites excluding steroid dienone is 2. The van der Waals surface area contributed by atoms with Gasteiger partial charge in [0.25, 0.3) is 0 Å². The van der Waals surface area contributed by atoms with Crippen molar-refractivity contribution in [2.45, 2.75) is 19.0 Å². The summed E-state index contributed by atoms with van der Waals surface area (Å²) >= 11 is 0. The molecular weight excluding hydrogens is 196 g/mol. The molecule has 0 aromatic heterocycles. The number of fused-ring (bicyclic) bond motifs is 1. The van der Waals surface area contributed by atoms with E-state index in [1.54, 1.807) is 0 Å². The molecule has 0 bridgehead atoms. The maximum atomic E-state index is 3.56. The second-order valence-corrected chi connectivity index (χ2v) is 4.36. The van der Waals surface area contributed by atoms with E-state index in [1.165, 1.54) is 23.4 Å². The molecule has 1 aliphatic heterocycles. The number of benzene rings is 1. The van der Waals surface area contributed by atoms with Crippen molar-refractivity contribution in [1.29, 1.82) is 0 Å². The fourth-order valence-electron chi connectivity index (χ4n) is 2.43. The van der Waals surface area contributed by atoms with Crippen LogP contribution in [0.2, 0.25) is 0 Å². The Morgan fingerprint density at radius 3 is 2.88 bits per heavy atom. The van der Waals surface area contributed by atoms with Crippen LogP contribution >= 0.6 is 0 Å². The summed E-state index contributed by atoms with van der Waals surface area (Å²) in [5.41, 5.74) is 3.90. The van der Waals surface area contributed by atoms with Gasteiger partial charge in [-0.15, -0.1) is 0 Å². The van der Waals surface area contributed by atoms with Gasteiger partial charge in [-0.25, -0.2) is 0 Å². The number of likely N-dealkylation sites (N-methyl/N-ethyl adjacent to an activating group) is 1. The van der Waals surface area contributed by atoms with Crippen LogP contribution in [0.1, 0.15) is 12.8 Å². The molecule has 16 heavy (non-hydrogen) atoms. The average Bonchev–Trinajstić information content (AvgIpc) is 2.69. The van der Waals surface area contributed by atoms with Crippen LogP contribution < -0.4 is 10.2 Å². The zero-order valence-corrected chi connectivity index (χ0v) is 9.48. The van der Waals surface area contributed by atoms with Crippen molar-refractivity contribution < 1.29 is 0 Å². The molecule has 0 radical (unpaired) electrons. The first-order valence-electron chi connectivity index (χ1n) is 5.81. The number of anilines is 2. The van der Waals surface area contributed by atoms with E-state index < -0.39 is 0 Å². The summed E-state index contributed by atoms with van der Waals surface area (Å²) in [5, 5.41) is 3.56. The van der Waals surface area contributed by atoms with Crippen LogP contribution in [0.25, 0.3) is 0 Å². The highest BCUT2D eigenvalue weighted by molar-refractivity contribution is 5.77. The number of hydrogen-bond donors (Lipinski definition) is 1. The van der Waals surface area contributed by atoms with Crippen molar-refractivity contribution in [2.75, 3.05) is 17.3 Å². The Morgan fingerprint density at radius 2 is 2.12 bits per heavy atom. The van der Waals surface area contributed by atoms with Crippen molar-refractivity contribution in [2.24, 2.45) is 0 Å². The molecule has 1 heterocycles. The van der Waals surface area contributed by atoms with Crippen LogP contribution in [0.5, 0.6) is 0 Å². The summed E-state index contributed by atoms with van der Waals surface area (Å²) in [6.07, 6.45) is 9.47. The maximum Gasteiger partial charge on any atom is 0.125 e. The minimum absolute atomic E-state index is 0.300. The molecule has 3 rings (SSSR count). The Labute approximate surface area is 96.3 Å². The predicted octanol–water partition coefficient (Wildman–Crippen LogP) is 3.15. The van der Waals surface area contributed by atoms with Crippen LogP contribution in [0, 0.1) is 0 Å². The van der Waals surface area contributed by atoms with E-state index in [2.05, 4.69) is 59.8 Å². The molecule has 0 saturated heterocycles. The van der Waals surface area contributed by atoms with Gasteiger partial charge >= 0.3 is 0 Å². The summed E-state index contributed by atoms with van der Waals surface area (Å²) in [6, 6.07) is 8.46. The van der Waals surface area contributed by atoms with Crippen molar-refractivity contribution in [3.05, 3.63) is 48.1 Å². The van der Waals surface area contributed by atoms with Crippen molar-refractivity contribution in [3.8, 4) is 0 Å². The van der Waals surface area contributed by atoms with Gasteiger partial charge in [-0.2, -0.15) is 0 Å². The lowest BCUT2D eigenvalue weighted by Crippen LogP contribution is -2.33. The Balaban J connectivity index is 1.92. The van der Waals surface area contributed by atoms with Gasteiger partial charge in [-0.1, -0.05) is 30.4 Å². The van der Waals surface area contributed by atoms with E-state index in [4.69, 9.17) is 0 Å². The zero-order chi connectivity index (χ0) is 11.0. The van der Waals surface area contributed by atoms with Gasteiger partial charge in [0.1, 0.15) is 6.17 Å². The number of para-hydroxylation sites is 2. The van der Waals surface area contributed by atoms with Crippen molar-refractivity contribution >= 4 is 11.4 Å². The number of nitrogens with one attached hydrogen (secondary N) is 1. The molecule has 2 heteroatoms. The summed E-state index contributed by atoms with van der Waals surface area (Å²) in [6.45, 7) is 0. The third-order valence-electron chi connectivity index (χ3n) is 3.30. The molecule has 2 nitrogen and oxygen atoms in total. The van der Waals surface area contributed by atoms with E-state index in [-0.39, 0.29) is 0 Å². The van der Waals surface area contributed by atoms with E-state index in [1.807, 2.05) is 0 Å². The van der Waals surface area contributed by atoms with Gasteiger partial charge in [0.15, 0.2) is 0 Å². The molecule has 1 N–H and O–H groups in total. The normalized spacial score (nSPS) is 22.7. The summed E-state index contributed by atoms with van der Waals surface area (Å²) in [4.78, 5) is 2.30. The quantitative estimate of drug-likeness (QED) is 0.769. The van der Waals surface area contributed by atoms with Crippen molar-refractivity contribution in [3.63, 3.8) is 0 Å². The molecule has 0 saturated carbocycles. The van der Waals surface area contributed by atoms with Gasteiger partial charge in [0.2, 0.25) is 0 Å². The lowest BCUT2D eigenvalue weighted by atomic mass is 10.0. The largest absolute Gasteiger partial charge is 0.360 e. The molecule has 0 amide bonds. The number of rotatable bonds is 1. The van der Waals surface area contributed by atoms with Crippen LogP contribution in [0.3, 0.4) is 0 Å². The number of hydrogen-bond acceptors (Lipinski definition) is 2. The van der Waals surface area contributed by atoms with Gasteiger partial charge in [-0.05, 0) is 30.5 Å². The highest BCUT2D eigenvalue weighted by Gasteiger charge is 2.27. The first-order chi connectivity index (χ1) is 7.86. The lowest BCUT2D eigenvalue weighted by Gasteiger charge is -2.24. The standard InChI is InChI=1S/C14H16N2/c1-16-13-10-6-5-9-12(13)15-14(16)11-7-3-2-4-8-11/h3,5-10,14-15H,2,4H2,1H3. The van der Waals surface area contributed by atoms with Crippen LogP contribution in [-0.2, 0) is 0 Å². The molecule has 0 fully saturated rings. The third kappa shape index (κ3) is 1.42. The fraction of sp³-hybridized carbons (Fsp3) is 0.286. The molecule has 1 aliphatic carbocycles. The first-order valence-corrected chi connectivity index (χ1v) is 5.81. The number of nitrogens with zero attached hydrogens (tertiary/aromatic N) is 1. The van der Waals surface area contributed by atoms with E-state index in [0.29, 0.717) is 6.17 Å². The summed E-state index contributed by atoms with van der Waals surface area (Å²) in [5.74, 6) is 0. The Bertz CT molecular complexity index is 460. The van der Waals surface area contributed by atoms with Crippen LogP contribution in [0.15, 0.2) is 48.1 Å². The monoisotopic (exact) mass is 212 g/mol. The van der Waals surface area contributed by atoms with Gasteiger partial charge in [0, 0.05) is 7.05 Å². The Kier molecular flexibility index (Phi) is 2.21. The lowest BCUT2D eigenvalue weighted by molar-refractivity contribution is 0.829. The maximum absolute atomic E-state index is 3.56.